The number of hydrogen-bond acceptors (Lipinski definition) is 2. The lowest BCUT2D eigenvalue weighted by atomic mass is 9.81. The number of rotatable bonds is 4. The van der Waals surface area contributed by atoms with Crippen LogP contribution in [0.15, 0.2) is 18.3 Å². The Kier molecular flexibility index (Phi) is 5.20. The zero-order valence-electron chi connectivity index (χ0n) is 11.4. The van der Waals surface area contributed by atoms with Crippen molar-refractivity contribution in [3.05, 3.63) is 29.0 Å². The third-order valence-electron chi connectivity index (χ3n) is 3.93. The second-order valence-corrected chi connectivity index (χ2v) is 5.97. The van der Waals surface area contributed by atoms with Crippen molar-refractivity contribution in [2.45, 2.75) is 39.0 Å². The average molecular weight is 281 g/mol. The molecule has 0 spiro atoms. The van der Waals surface area contributed by atoms with Crippen molar-refractivity contribution in [3.8, 4) is 0 Å². The molecule has 1 saturated carbocycles. The third kappa shape index (κ3) is 4.50. The molecular weight excluding hydrogens is 260 g/mol. The highest BCUT2D eigenvalue weighted by Gasteiger charge is 2.18. The number of carbonyl (C=O) groups excluding carboxylic acids is 1. The number of carbonyl (C=O) groups is 1. The molecule has 0 radical (unpaired) electrons. The summed E-state index contributed by atoms with van der Waals surface area (Å²) in [6.45, 7) is 3.05. The van der Waals surface area contributed by atoms with Crippen LogP contribution in [0.4, 0.5) is 0 Å². The van der Waals surface area contributed by atoms with Crippen LogP contribution in [0.5, 0.6) is 0 Å². The molecule has 4 heteroatoms. The lowest BCUT2D eigenvalue weighted by Crippen LogP contribution is -2.27. The summed E-state index contributed by atoms with van der Waals surface area (Å²) < 4.78 is 0. The number of hydrogen-bond donors (Lipinski definition) is 1. The van der Waals surface area contributed by atoms with Crippen molar-refractivity contribution in [1.82, 2.24) is 10.3 Å². The molecule has 1 aromatic rings. The van der Waals surface area contributed by atoms with E-state index in [2.05, 4.69) is 17.2 Å². The van der Waals surface area contributed by atoms with E-state index in [-0.39, 0.29) is 5.91 Å². The van der Waals surface area contributed by atoms with Gasteiger partial charge >= 0.3 is 0 Å². The van der Waals surface area contributed by atoms with E-state index >= 15 is 0 Å². The maximum Gasteiger partial charge on any atom is 0.269 e. The molecule has 0 atom stereocenters. The topological polar surface area (TPSA) is 42.0 Å². The summed E-state index contributed by atoms with van der Waals surface area (Å²) in [5.41, 5.74) is 0.393. The quantitative estimate of drug-likeness (QED) is 0.914. The summed E-state index contributed by atoms with van der Waals surface area (Å²) >= 11 is 5.84. The van der Waals surface area contributed by atoms with Gasteiger partial charge in [0, 0.05) is 17.8 Å². The first kappa shape index (κ1) is 14.3. The zero-order chi connectivity index (χ0) is 13.7. The Morgan fingerprint density at radius 1 is 1.42 bits per heavy atom. The minimum Gasteiger partial charge on any atom is -0.351 e. The van der Waals surface area contributed by atoms with Gasteiger partial charge in [-0.05, 0) is 30.4 Å². The fraction of sp³-hybridized carbons (Fsp3) is 0.600. The fourth-order valence-corrected chi connectivity index (χ4v) is 2.79. The lowest BCUT2D eigenvalue weighted by molar-refractivity contribution is 0.0944. The van der Waals surface area contributed by atoms with Gasteiger partial charge in [-0.25, -0.2) is 0 Å². The third-order valence-corrected chi connectivity index (χ3v) is 4.16. The van der Waals surface area contributed by atoms with E-state index in [1.807, 2.05) is 0 Å². The molecular formula is C15H21ClN2O. The first-order valence-corrected chi connectivity index (χ1v) is 7.42. The molecule has 1 aliphatic carbocycles. The molecule has 19 heavy (non-hydrogen) atoms. The molecule has 1 aliphatic rings. The molecule has 0 unspecified atom stereocenters. The molecule has 1 heterocycles. The Bertz CT molecular complexity index is 428. The first-order valence-electron chi connectivity index (χ1n) is 7.05. The highest BCUT2D eigenvalue weighted by molar-refractivity contribution is 6.30. The normalized spacial score (nSPS) is 23.1. The van der Waals surface area contributed by atoms with Gasteiger partial charge in [0.1, 0.15) is 5.69 Å². The van der Waals surface area contributed by atoms with Gasteiger partial charge in [-0.3, -0.25) is 9.78 Å². The van der Waals surface area contributed by atoms with Crippen LogP contribution >= 0.6 is 11.6 Å². The van der Waals surface area contributed by atoms with Crippen LogP contribution in [0.2, 0.25) is 5.02 Å². The summed E-state index contributed by atoms with van der Waals surface area (Å²) in [6.07, 6.45) is 7.88. The van der Waals surface area contributed by atoms with E-state index in [9.17, 15) is 4.79 Å². The number of halogens is 1. The van der Waals surface area contributed by atoms with E-state index in [1.165, 1.54) is 25.7 Å². The van der Waals surface area contributed by atoms with E-state index in [0.717, 1.165) is 24.8 Å². The standard InChI is InChI=1S/C15H21ClN2O/c1-11-2-4-12(5-3-11)6-8-18-15(19)14-10-13(16)7-9-17-14/h7,9-12H,2-6,8H2,1H3,(H,18,19). The number of amides is 1. The van der Waals surface area contributed by atoms with Crippen LogP contribution < -0.4 is 5.32 Å². The van der Waals surface area contributed by atoms with E-state index in [0.29, 0.717) is 10.7 Å². The number of nitrogens with one attached hydrogen (secondary N) is 1. The van der Waals surface area contributed by atoms with Crippen LogP contribution in [0.25, 0.3) is 0 Å². The zero-order valence-corrected chi connectivity index (χ0v) is 12.1. The average Bonchev–Trinajstić information content (AvgIpc) is 2.41. The molecule has 1 N–H and O–H groups in total. The number of aromatic nitrogens is 1. The monoisotopic (exact) mass is 280 g/mol. The van der Waals surface area contributed by atoms with E-state index < -0.39 is 0 Å². The summed E-state index contributed by atoms with van der Waals surface area (Å²) in [4.78, 5) is 15.9. The summed E-state index contributed by atoms with van der Waals surface area (Å²) in [5, 5.41) is 3.47. The van der Waals surface area contributed by atoms with Crippen molar-refractivity contribution >= 4 is 17.5 Å². The van der Waals surface area contributed by atoms with Crippen molar-refractivity contribution in [1.29, 1.82) is 0 Å². The van der Waals surface area contributed by atoms with Crippen molar-refractivity contribution < 1.29 is 4.79 Å². The lowest BCUT2D eigenvalue weighted by Gasteiger charge is -2.26. The van der Waals surface area contributed by atoms with Crippen molar-refractivity contribution in [2.75, 3.05) is 6.54 Å². The summed E-state index contributed by atoms with van der Waals surface area (Å²) in [7, 11) is 0. The van der Waals surface area contributed by atoms with Crippen LogP contribution in [-0.4, -0.2) is 17.4 Å². The Morgan fingerprint density at radius 2 is 2.16 bits per heavy atom. The van der Waals surface area contributed by atoms with Gasteiger partial charge in [0.25, 0.3) is 5.91 Å². The second-order valence-electron chi connectivity index (χ2n) is 5.53. The van der Waals surface area contributed by atoms with Gasteiger partial charge in [0.15, 0.2) is 0 Å². The van der Waals surface area contributed by atoms with E-state index in [1.54, 1.807) is 18.3 Å². The molecule has 2 rings (SSSR count). The highest BCUT2D eigenvalue weighted by atomic mass is 35.5. The maximum absolute atomic E-state index is 11.9. The van der Waals surface area contributed by atoms with Gasteiger partial charge in [0.2, 0.25) is 0 Å². The Hall–Kier alpha value is -1.09. The smallest absolute Gasteiger partial charge is 0.269 e. The largest absolute Gasteiger partial charge is 0.351 e. The Labute approximate surface area is 119 Å². The van der Waals surface area contributed by atoms with Crippen LogP contribution in [-0.2, 0) is 0 Å². The molecule has 1 amide bonds. The summed E-state index contributed by atoms with van der Waals surface area (Å²) in [5.74, 6) is 1.51. The number of pyridine rings is 1. The molecule has 104 valence electrons. The van der Waals surface area contributed by atoms with Gasteiger partial charge in [0.05, 0.1) is 0 Å². The number of nitrogens with zero attached hydrogens (tertiary/aromatic N) is 1. The SMILES string of the molecule is CC1CCC(CCNC(=O)c2cc(Cl)ccn2)CC1. The first-order chi connectivity index (χ1) is 9.15. The van der Waals surface area contributed by atoms with Gasteiger partial charge in [-0.15, -0.1) is 0 Å². The maximum atomic E-state index is 11.9. The molecule has 0 aliphatic heterocycles. The molecule has 1 fully saturated rings. The van der Waals surface area contributed by atoms with Gasteiger partial charge < -0.3 is 5.32 Å². The molecule has 0 bridgehead atoms. The Balaban J connectivity index is 1.72. The van der Waals surface area contributed by atoms with Crippen molar-refractivity contribution in [2.24, 2.45) is 11.8 Å². The molecule has 0 aromatic carbocycles. The minimum absolute atomic E-state index is 0.133. The minimum atomic E-state index is -0.133. The Morgan fingerprint density at radius 3 is 2.84 bits per heavy atom. The predicted octanol–water partition coefficient (Wildman–Crippen LogP) is 3.68. The van der Waals surface area contributed by atoms with Crippen LogP contribution in [0, 0.1) is 11.8 Å². The van der Waals surface area contributed by atoms with Gasteiger partial charge in [-0.2, -0.15) is 0 Å². The van der Waals surface area contributed by atoms with Crippen LogP contribution in [0.3, 0.4) is 0 Å². The highest BCUT2D eigenvalue weighted by Crippen LogP contribution is 2.29. The molecule has 3 nitrogen and oxygen atoms in total. The van der Waals surface area contributed by atoms with Crippen LogP contribution in [0.1, 0.15) is 49.5 Å². The second kappa shape index (κ2) is 6.90. The molecule has 0 saturated heterocycles. The summed E-state index contributed by atoms with van der Waals surface area (Å²) in [6, 6.07) is 3.26. The van der Waals surface area contributed by atoms with Gasteiger partial charge in [-0.1, -0.05) is 44.2 Å². The predicted molar refractivity (Wildman–Crippen MR) is 77.3 cm³/mol. The van der Waals surface area contributed by atoms with E-state index in [4.69, 9.17) is 11.6 Å². The molecule has 1 aromatic heterocycles. The van der Waals surface area contributed by atoms with Crippen molar-refractivity contribution in [3.63, 3.8) is 0 Å². The fourth-order valence-electron chi connectivity index (χ4n) is 2.63.